The third-order valence-corrected chi connectivity index (χ3v) is 5.34. The average molecular weight is 548 g/mol. The molecule has 0 saturated heterocycles. The third-order valence-electron chi connectivity index (χ3n) is 5.34. The zero-order chi connectivity index (χ0) is 28.4. The normalized spacial score (nSPS) is 11.8. The first-order valence-electron chi connectivity index (χ1n) is 10.7. The molecule has 0 unspecified atom stereocenters. The SMILES string of the molecule is CNC(=O)CCn1ccn(-c2cc(C(F)(F)F)cc(C(F)(F)F)c2OC(=O)N(C)c2ccc(F)cc2)c1=O. The highest BCUT2D eigenvalue weighted by atomic mass is 19.4. The number of aryl methyl sites for hydroxylation is 1. The van der Waals surface area contributed by atoms with Gasteiger partial charge in [0.05, 0.1) is 11.3 Å². The monoisotopic (exact) mass is 548 g/mol. The second-order valence-electron chi connectivity index (χ2n) is 7.84. The molecule has 8 nitrogen and oxygen atoms in total. The minimum Gasteiger partial charge on any atom is -0.407 e. The zero-order valence-electron chi connectivity index (χ0n) is 19.7. The van der Waals surface area contributed by atoms with Gasteiger partial charge in [-0.1, -0.05) is 0 Å². The molecule has 0 aliphatic heterocycles. The van der Waals surface area contributed by atoms with Crippen LogP contribution in [0, 0.1) is 5.82 Å². The largest absolute Gasteiger partial charge is 0.420 e. The predicted molar refractivity (Wildman–Crippen MR) is 120 cm³/mol. The molecule has 3 aromatic rings. The Morgan fingerprint density at radius 3 is 2.18 bits per heavy atom. The van der Waals surface area contributed by atoms with Crippen LogP contribution in [0.3, 0.4) is 0 Å². The highest BCUT2D eigenvalue weighted by Gasteiger charge is 2.42. The predicted octanol–water partition coefficient (Wildman–Crippen LogP) is 4.59. The fourth-order valence-corrected chi connectivity index (χ4v) is 3.31. The van der Waals surface area contributed by atoms with Crippen molar-refractivity contribution in [3.63, 3.8) is 0 Å². The van der Waals surface area contributed by atoms with E-state index < -0.39 is 58.4 Å². The summed E-state index contributed by atoms with van der Waals surface area (Å²) in [4.78, 5) is 37.8. The van der Waals surface area contributed by atoms with Crippen LogP contribution in [0.15, 0.2) is 53.6 Å². The quantitative estimate of drug-likeness (QED) is 0.457. The number of imidazole rings is 1. The van der Waals surface area contributed by atoms with Gasteiger partial charge in [0.1, 0.15) is 11.4 Å². The van der Waals surface area contributed by atoms with Gasteiger partial charge in [0.25, 0.3) is 0 Å². The van der Waals surface area contributed by atoms with Gasteiger partial charge in [-0.05, 0) is 36.4 Å². The molecular weight excluding hydrogens is 529 g/mol. The number of benzene rings is 2. The number of aromatic nitrogens is 2. The van der Waals surface area contributed by atoms with Gasteiger partial charge in [-0.2, -0.15) is 26.3 Å². The van der Waals surface area contributed by atoms with E-state index in [0.717, 1.165) is 48.3 Å². The maximum atomic E-state index is 13.9. The van der Waals surface area contributed by atoms with Crippen LogP contribution in [0.2, 0.25) is 0 Å². The molecule has 2 amide bonds. The number of ether oxygens (including phenoxy) is 1. The highest BCUT2D eigenvalue weighted by molar-refractivity contribution is 5.89. The van der Waals surface area contributed by atoms with Crippen molar-refractivity contribution in [3.05, 3.63) is 76.2 Å². The summed E-state index contributed by atoms with van der Waals surface area (Å²) in [7, 11) is 2.41. The first-order valence-corrected chi connectivity index (χ1v) is 10.7. The molecule has 0 spiro atoms. The summed E-state index contributed by atoms with van der Waals surface area (Å²) in [5, 5.41) is 2.31. The summed E-state index contributed by atoms with van der Waals surface area (Å²) in [5.41, 5.74) is -5.83. The van der Waals surface area contributed by atoms with Crippen molar-refractivity contribution in [1.29, 1.82) is 0 Å². The summed E-state index contributed by atoms with van der Waals surface area (Å²) in [5.74, 6) is -2.50. The van der Waals surface area contributed by atoms with Crippen molar-refractivity contribution in [2.45, 2.75) is 25.3 Å². The number of amides is 2. The first-order chi connectivity index (χ1) is 17.6. The molecule has 2 aromatic carbocycles. The third kappa shape index (κ3) is 6.15. The molecule has 0 aliphatic carbocycles. The zero-order valence-corrected chi connectivity index (χ0v) is 19.7. The van der Waals surface area contributed by atoms with Gasteiger partial charge < -0.3 is 10.1 Å². The molecule has 0 saturated carbocycles. The Labute approximate surface area is 209 Å². The summed E-state index contributed by atoms with van der Waals surface area (Å²) in [6.07, 6.45) is -10.4. The van der Waals surface area contributed by atoms with Crippen LogP contribution in [0.1, 0.15) is 17.5 Å². The molecule has 1 N–H and O–H groups in total. The molecule has 0 bridgehead atoms. The van der Waals surface area contributed by atoms with Crippen LogP contribution in [0.4, 0.5) is 41.2 Å². The Kier molecular flexibility index (Phi) is 7.88. The Morgan fingerprint density at radius 2 is 1.63 bits per heavy atom. The summed E-state index contributed by atoms with van der Waals surface area (Å²) >= 11 is 0. The Bertz CT molecular complexity index is 1390. The van der Waals surface area contributed by atoms with Crippen LogP contribution in [-0.2, 0) is 23.7 Å². The van der Waals surface area contributed by atoms with E-state index in [1.807, 2.05) is 0 Å². The number of alkyl halides is 6. The van der Waals surface area contributed by atoms with Crippen molar-refractivity contribution in [1.82, 2.24) is 14.5 Å². The standard InChI is InChI=1S/C23H19F7N4O4/c1-31-18(35)7-8-33-9-10-34(20(33)36)17-12-13(22(25,26)27)11-16(23(28,29)30)19(17)38-21(37)32(2)15-5-3-14(24)4-6-15/h3-6,9-12H,7-8H2,1-2H3,(H,31,35). The van der Waals surface area contributed by atoms with E-state index in [-0.39, 0.29) is 30.8 Å². The molecule has 3 rings (SSSR count). The Balaban J connectivity index is 2.18. The van der Waals surface area contributed by atoms with Crippen molar-refractivity contribution < 1.29 is 45.1 Å². The molecule has 38 heavy (non-hydrogen) atoms. The molecular formula is C23H19F7N4O4. The molecule has 1 aromatic heterocycles. The average Bonchev–Trinajstić information content (AvgIpc) is 3.21. The van der Waals surface area contributed by atoms with Crippen LogP contribution in [0.25, 0.3) is 5.69 Å². The Hall–Kier alpha value is -4.30. The van der Waals surface area contributed by atoms with Gasteiger partial charge in [0.15, 0.2) is 5.75 Å². The number of nitrogens with one attached hydrogen (secondary N) is 1. The summed E-state index contributed by atoms with van der Waals surface area (Å²) in [6.45, 7) is -0.237. The van der Waals surface area contributed by atoms with Crippen molar-refractivity contribution >= 4 is 17.7 Å². The van der Waals surface area contributed by atoms with Crippen LogP contribution < -0.4 is 20.6 Å². The lowest BCUT2D eigenvalue weighted by molar-refractivity contribution is -0.143. The van der Waals surface area contributed by atoms with Crippen LogP contribution in [-0.4, -0.2) is 35.2 Å². The molecule has 15 heteroatoms. The van der Waals surface area contributed by atoms with Crippen molar-refractivity contribution in [2.75, 3.05) is 19.0 Å². The molecule has 204 valence electrons. The smallest absolute Gasteiger partial charge is 0.407 e. The fraction of sp³-hybridized carbons (Fsp3) is 0.261. The number of carbonyl (C=O) groups excluding carboxylic acids is 2. The summed E-state index contributed by atoms with van der Waals surface area (Å²) in [6, 6.07) is 4.16. The highest BCUT2D eigenvalue weighted by Crippen LogP contribution is 2.44. The number of hydrogen-bond acceptors (Lipinski definition) is 4. The number of anilines is 1. The number of halogens is 7. The second kappa shape index (κ2) is 10.6. The minimum absolute atomic E-state index is 0.00376. The lowest BCUT2D eigenvalue weighted by Crippen LogP contribution is -2.31. The van der Waals surface area contributed by atoms with Gasteiger partial charge in [-0.25, -0.2) is 14.0 Å². The van der Waals surface area contributed by atoms with Crippen LogP contribution in [0.5, 0.6) is 5.75 Å². The fourth-order valence-electron chi connectivity index (χ4n) is 3.31. The molecule has 1 heterocycles. The van der Waals surface area contributed by atoms with Crippen LogP contribution >= 0.6 is 0 Å². The van der Waals surface area contributed by atoms with E-state index in [4.69, 9.17) is 4.74 Å². The maximum absolute atomic E-state index is 13.9. The number of hydrogen-bond donors (Lipinski definition) is 1. The van der Waals surface area contributed by atoms with Gasteiger partial charge >= 0.3 is 24.1 Å². The van der Waals surface area contributed by atoms with E-state index >= 15 is 0 Å². The number of nitrogens with zero attached hydrogens (tertiary/aromatic N) is 3. The van der Waals surface area contributed by atoms with Gasteiger partial charge in [-0.15, -0.1) is 0 Å². The number of rotatable bonds is 6. The molecule has 0 aliphatic rings. The van der Waals surface area contributed by atoms with E-state index in [0.29, 0.717) is 9.47 Å². The topological polar surface area (TPSA) is 85.6 Å². The van der Waals surface area contributed by atoms with E-state index in [1.54, 1.807) is 0 Å². The molecule has 0 fully saturated rings. The first kappa shape index (κ1) is 28.3. The van der Waals surface area contributed by atoms with Gasteiger partial charge in [0, 0.05) is 45.1 Å². The Morgan fingerprint density at radius 1 is 1.00 bits per heavy atom. The van der Waals surface area contributed by atoms with Gasteiger partial charge in [0.2, 0.25) is 5.91 Å². The van der Waals surface area contributed by atoms with E-state index in [9.17, 15) is 45.1 Å². The minimum atomic E-state index is -5.44. The lowest BCUT2D eigenvalue weighted by Gasteiger charge is -2.22. The van der Waals surface area contributed by atoms with E-state index in [2.05, 4.69) is 5.32 Å². The van der Waals surface area contributed by atoms with Crippen molar-refractivity contribution in [2.24, 2.45) is 0 Å². The second-order valence-corrected chi connectivity index (χ2v) is 7.84. The lowest BCUT2D eigenvalue weighted by atomic mass is 10.1. The summed E-state index contributed by atoms with van der Waals surface area (Å²) < 4.78 is 102. The molecule has 0 radical (unpaired) electrons. The molecule has 0 atom stereocenters. The number of carbonyl (C=O) groups is 2. The van der Waals surface area contributed by atoms with Gasteiger partial charge in [-0.3, -0.25) is 18.8 Å². The van der Waals surface area contributed by atoms with Crippen molar-refractivity contribution in [3.8, 4) is 11.4 Å². The van der Waals surface area contributed by atoms with E-state index in [1.165, 1.54) is 7.05 Å². The maximum Gasteiger partial charge on any atom is 0.420 e.